The number of carbonyl (C=O) groups is 3. The van der Waals surface area contributed by atoms with Crippen molar-refractivity contribution < 1.29 is 47.6 Å². The highest BCUT2D eigenvalue weighted by Crippen LogP contribution is 2.68. The van der Waals surface area contributed by atoms with Gasteiger partial charge in [0.2, 0.25) is 0 Å². The predicted molar refractivity (Wildman–Crippen MR) is 91.0 cm³/mol. The van der Waals surface area contributed by atoms with Crippen molar-refractivity contribution in [3.8, 4) is 0 Å². The minimum absolute atomic E-state index is 0.242. The van der Waals surface area contributed by atoms with Crippen LogP contribution in [0.25, 0.3) is 0 Å². The van der Waals surface area contributed by atoms with Crippen LogP contribution in [0.4, 0.5) is 13.2 Å². The fourth-order valence-electron chi connectivity index (χ4n) is 3.52. The molecule has 11 heteroatoms. The standard InChI is InChI=1S/C16H19NO5.C2HF3O2/c18-13(19)15-9-16(15,14(20)21)11-17(10-15)6-7-22-8-12-4-2-1-3-5-12;3-2(4,5)1(6)7/h1-5H,6-11H2,(H,18,19)(H,20,21);(H,6,7)/t15-,16+;. The summed E-state index contributed by atoms with van der Waals surface area (Å²) in [5.41, 5.74) is -1.12. The maximum Gasteiger partial charge on any atom is 0.490 e. The maximum absolute atomic E-state index is 11.4. The van der Waals surface area contributed by atoms with Crippen molar-refractivity contribution in [3.63, 3.8) is 0 Å². The topological polar surface area (TPSA) is 124 Å². The fourth-order valence-corrected chi connectivity index (χ4v) is 3.52. The van der Waals surface area contributed by atoms with E-state index in [-0.39, 0.29) is 6.42 Å². The molecule has 1 saturated heterocycles. The van der Waals surface area contributed by atoms with Gasteiger partial charge >= 0.3 is 24.1 Å². The number of ether oxygens (including phenoxy) is 1. The van der Waals surface area contributed by atoms with Gasteiger partial charge in [-0.2, -0.15) is 13.2 Å². The number of aliphatic carboxylic acids is 3. The Kier molecular flexibility index (Phi) is 6.53. The van der Waals surface area contributed by atoms with Gasteiger partial charge in [0.05, 0.1) is 24.0 Å². The van der Waals surface area contributed by atoms with Crippen LogP contribution < -0.4 is 0 Å². The summed E-state index contributed by atoms with van der Waals surface area (Å²) in [5, 5.41) is 25.8. The van der Waals surface area contributed by atoms with Gasteiger partial charge in [0, 0.05) is 19.6 Å². The second-order valence-corrected chi connectivity index (χ2v) is 7.00. The molecule has 3 N–H and O–H groups in total. The number of hydrogen-bond acceptors (Lipinski definition) is 5. The van der Waals surface area contributed by atoms with E-state index in [0.29, 0.717) is 32.8 Å². The maximum atomic E-state index is 11.4. The molecule has 1 aliphatic heterocycles. The average Bonchev–Trinajstić information content (AvgIpc) is 3.18. The molecule has 0 spiro atoms. The van der Waals surface area contributed by atoms with Crippen LogP contribution in [0.2, 0.25) is 0 Å². The number of rotatable bonds is 7. The Labute approximate surface area is 163 Å². The molecule has 3 rings (SSSR count). The van der Waals surface area contributed by atoms with E-state index in [1.807, 2.05) is 35.2 Å². The van der Waals surface area contributed by atoms with Crippen LogP contribution in [0.15, 0.2) is 30.3 Å². The summed E-state index contributed by atoms with van der Waals surface area (Å²) >= 11 is 0. The molecule has 2 atom stereocenters. The lowest BCUT2D eigenvalue weighted by Crippen LogP contribution is -2.31. The molecule has 0 amide bonds. The van der Waals surface area contributed by atoms with Gasteiger partial charge in [0.1, 0.15) is 0 Å². The number of piperidine rings is 1. The van der Waals surface area contributed by atoms with Crippen molar-refractivity contribution in [2.45, 2.75) is 19.2 Å². The molecular weight excluding hydrogens is 399 g/mol. The van der Waals surface area contributed by atoms with Crippen LogP contribution >= 0.6 is 0 Å². The lowest BCUT2D eigenvalue weighted by atomic mass is 9.97. The van der Waals surface area contributed by atoms with Crippen LogP contribution in [0.1, 0.15) is 12.0 Å². The lowest BCUT2D eigenvalue weighted by molar-refractivity contribution is -0.192. The zero-order chi connectivity index (χ0) is 21.9. The molecule has 29 heavy (non-hydrogen) atoms. The molecule has 160 valence electrons. The molecule has 0 unspecified atom stereocenters. The summed E-state index contributed by atoms with van der Waals surface area (Å²) in [6.07, 6.45) is -4.84. The van der Waals surface area contributed by atoms with Gasteiger partial charge in [-0.15, -0.1) is 0 Å². The molecule has 1 aromatic rings. The molecule has 0 aromatic heterocycles. The second kappa shape index (κ2) is 8.37. The first-order chi connectivity index (χ1) is 13.4. The SMILES string of the molecule is O=C(O)C(F)(F)F.O=C(O)[C@@]12CN(CCOCc3ccccc3)C[C@]1(C(=O)O)C2. The quantitative estimate of drug-likeness (QED) is 0.571. The first-order valence-electron chi connectivity index (χ1n) is 8.55. The Morgan fingerprint density at radius 2 is 1.48 bits per heavy atom. The third kappa shape index (κ3) is 4.85. The Morgan fingerprint density at radius 3 is 1.90 bits per heavy atom. The molecule has 1 aromatic carbocycles. The van der Waals surface area contributed by atoms with Crippen molar-refractivity contribution in [1.29, 1.82) is 0 Å². The minimum Gasteiger partial charge on any atom is -0.481 e. The van der Waals surface area contributed by atoms with E-state index in [0.717, 1.165) is 5.56 Å². The molecule has 1 saturated carbocycles. The van der Waals surface area contributed by atoms with Gasteiger partial charge in [-0.25, -0.2) is 4.79 Å². The molecule has 2 aliphatic rings. The summed E-state index contributed by atoms with van der Waals surface area (Å²) in [4.78, 5) is 33.6. The zero-order valence-electron chi connectivity index (χ0n) is 15.2. The van der Waals surface area contributed by atoms with Crippen molar-refractivity contribution in [3.05, 3.63) is 35.9 Å². The minimum atomic E-state index is -5.08. The van der Waals surface area contributed by atoms with Crippen LogP contribution in [-0.2, 0) is 25.7 Å². The highest BCUT2D eigenvalue weighted by molar-refractivity contribution is 5.94. The number of halogens is 3. The van der Waals surface area contributed by atoms with Gasteiger partial charge in [-0.1, -0.05) is 30.3 Å². The van der Waals surface area contributed by atoms with E-state index in [4.69, 9.17) is 14.6 Å². The smallest absolute Gasteiger partial charge is 0.481 e. The molecule has 8 nitrogen and oxygen atoms in total. The summed E-state index contributed by atoms with van der Waals surface area (Å²) in [6.45, 7) is 2.10. The molecule has 1 aliphatic carbocycles. The molecular formula is C18H20F3NO7. The fraction of sp³-hybridized carbons (Fsp3) is 0.500. The number of carboxylic acids is 3. The summed E-state index contributed by atoms with van der Waals surface area (Å²) in [6, 6.07) is 9.78. The van der Waals surface area contributed by atoms with E-state index >= 15 is 0 Å². The Balaban J connectivity index is 0.000000370. The van der Waals surface area contributed by atoms with Crippen molar-refractivity contribution in [2.24, 2.45) is 10.8 Å². The largest absolute Gasteiger partial charge is 0.490 e. The molecule has 2 fully saturated rings. The molecule has 1 heterocycles. The summed E-state index contributed by atoms with van der Waals surface area (Å²) < 4.78 is 37.3. The van der Waals surface area contributed by atoms with Crippen LogP contribution in [0, 0.1) is 10.8 Å². The number of alkyl halides is 3. The highest BCUT2D eigenvalue weighted by atomic mass is 19.4. The predicted octanol–water partition coefficient (Wildman–Crippen LogP) is 1.70. The van der Waals surface area contributed by atoms with Crippen LogP contribution in [-0.4, -0.2) is 70.5 Å². The first-order valence-corrected chi connectivity index (χ1v) is 8.55. The van der Waals surface area contributed by atoms with E-state index in [1.165, 1.54) is 0 Å². The Bertz CT molecular complexity index is 742. The Morgan fingerprint density at radius 1 is 1.00 bits per heavy atom. The van der Waals surface area contributed by atoms with Gasteiger partial charge in [-0.3, -0.25) is 14.5 Å². The van der Waals surface area contributed by atoms with E-state index in [9.17, 15) is 33.0 Å². The van der Waals surface area contributed by atoms with E-state index in [1.54, 1.807) is 0 Å². The van der Waals surface area contributed by atoms with Gasteiger partial charge < -0.3 is 20.1 Å². The molecule has 0 radical (unpaired) electrons. The molecule has 0 bridgehead atoms. The Hall–Kier alpha value is -2.66. The van der Waals surface area contributed by atoms with Crippen molar-refractivity contribution in [2.75, 3.05) is 26.2 Å². The van der Waals surface area contributed by atoms with Crippen LogP contribution in [0.5, 0.6) is 0 Å². The third-order valence-corrected chi connectivity index (χ3v) is 5.11. The highest BCUT2D eigenvalue weighted by Gasteiger charge is 2.80. The van der Waals surface area contributed by atoms with Gasteiger partial charge in [0.15, 0.2) is 0 Å². The monoisotopic (exact) mass is 419 g/mol. The summed E-state index contributed by atoms with van der Waals surface area (Å²) in [5.74, 6) is -4.75. The van der Waals surface area contributed by atoms with E-state index in [2.05, 4.69) is 0 Å². The van der Waals surface area contributed by atoms with E-state index < -0.39 is 34.9 Å². The zero-order valence-corrected chi connectivity index (χ0v) is 15.2. The number of benzene rings is 1. The summed E-state index contributed by atoms with van der Waals surface area (Å²) in [7, 11) is 0. The van der Waals surface area contributed by atoms with Crippen LogP contribution in [0.3, 0.4) is 0 Å². The number of fused-ring (bicyclic) bond motifs is 1. The first kappa shape index (κ1) is 22.6. The van der Waals surface area contributed by atoms with Crippen molar-refractivity contribution in [1.82, 2.24) is 4.90 Å². The van der Waals surface area contributed by atoms with Crippen molar-refractivity contribution >= 4 is 17.9 Å². The van der Waals surface area contributed by atoms with Gasteiger partial charge in [-0.05, 0) is 12.0 Å². The lowest BCUT2D eigenvalue weighted by Gasteiger charge is -2.19. The number of nitrogens with zero attached hydrogens (tertiary/aromatic N) is 1. The second-order valence-electron chi connectivity index (χ2n) is 7.00. The number of likely N-dealkylation sites (tertiary alicyclic amines) is 1. The third-order valence-electron chi connectivity index (χ3n) is 5.11. The number of hydrogen-bond donors (Lipinski definition) is 3. The number of carboxylic acid groups (broad SMARTS) is 3. The average molecular weight is 419 g/mol. The van der Waals surface area contributed by atoms with Gasteiger partial charge in [0.25, 0.3) is 0 Å². The normalized spacial score (nSPS) is 25.5.